The second-order valence-electron chi connectivity index (χ2n) is 4.46. The smallest absolute Gasteiger partial charge is 0.321 e. The van der Waals surface area contributed by atoms with Crippen LogP contribution in [0.5, 0.6) is 0 Å². The lowest BCUT2D eigenvalue weighted by Gasteiger charge is -2.38. The molecule has 7 heteroatoms. The lowest BCUT2D eigenvalue weighted by Crippen LogP contribution is -2.52. The Hall–Kier alpha value is -2.18. The van der Waals surface area contributed by atoms with Crippen LogP contribution in [0.2, 0.25) is 0 Å². The Bertz CT molecular complexity index is 495. The molecule has 2 N–H and O–H groups in total. The zero-order chi connectivity index (χ0) is 14.0. The van der Waals surface area contributed by atoms with Crippen molar-refractivity contribution < 1.29 is 23.5 Å². The van der Waals surface area contributed by atoms with Crippen LogP contribution in [0.1, 0.15) is 6.42 Å². The number of benzene rings is 1. The molecule has 0 unspecified atom stereocenters. The van der Waals surface area contributed by atoms with Crippen molar-refractivity contribution in [3.05, 3.63) is 29.8 Å². The van der Waals surface area contributed by atoms with E-state index in [1.165, 1.54) is 4.90 Å². The molecule has 102 valence electrons. The lowest BCUT2D eigenvalue weighted by molar-refractivity contribution is -0.139. The summed E-state index contributed by atoms with van der Waals surface area (Å²) in [5.74, 6) is -2.52. The molecule has 0 spiro atoms. The number of aliphatic carboxylic acids is 1. The van der Waals surface area contributed by atoms with Gasteiger partial charge in [0.15, 0.2) is 0 Å². The number of carbonyl (C=O) groups excluding carboxylic acids is 1. The molecule has 2 amide bonds. The van der Waals surface area contributed by atoms with Crippen LogP contribution >= 0.6 is 0 Å². The number of hydrogen-bond donors (Lipinski definition) is 2. The maximum absolute atomic E-state index is 12.9. The monoisotopic (exact) mass is 270 g/mol. The van der Waals surface area contributed by atoms with Crippen molar-refractivity contribution in [3.63, 3.8) is 0 Å². The average molecular weight is 270 g/mol. The van der Waals surface area contributed by atoms with Crippen LogP contribution in [0.3, 0.4) is 0 Å². The molecule has 1 aliphatic heterocycles. The van der Waals surface area contributed by atoms with Crippen molar-refractivity contribution in [2.24, 2.45) is 5.92 Å². The number of carboxylic acids is 1. The number of rotatable bonds is 3. The molecular formula is C12H12F2N2O3. The third-order valence-electron chi connectivity index (χ3n) is 2.82. The van der Waals surface area contributed by atoms with Gasteiger partial charge in [-0.1, -0.05) is 0 Å². The Labute approximate surface area is 107 Å². The van der Waals surface area contributed by atoms with E-state index in [1.807, 2.05) is 0 Å². The van der Waals surface area contributed by atoms with E-state index in [2.05, 4.69) is 5.32 Å². The zero-order valence-electron chi connectivity index (χ0n) is 9.90. The highest BCUT2D eigenvalue weighted by Gasteiger charge is 2.32. The Morgan fingerprint density at radius 2 is 1.84 bits per heavy atom. The molecule has 0 aliphatic carbocycles. The molecule has 1 fully saturated rings. The Morgan fingerprint density at radius 3 is 2.37 bits per heavy atom. The van der Waals surface area contributed by atoms with Crippen molar-refractivity contribution >= 4 is 17.7 Å². The van der Waals surface area contributed by atoms with Gasteiger partial charge in [-0.15, -0.1) is 0 Å². The van der Waals surface area contributed by atoms with Crippen molar-refractivity contribution in [2.75, 3.05) is 18.4 Å². The van der Waals surface area contributed by atoms with Gasteiger partial charge in [0.2, 0.25) is 0 Å². The zero-order valence-corrected chi connectivity index (χ0v) is 9.90. The van der Waals surface area contributed by atoms with Crippen LogP contribution in [-0.4, -0.2) is 35.1 Å². The van der Waals surface area contributed by atoms with Gasteiger partial charge in [0.1, 0.15) is 11.6 Å². The molecule has 0 bridgehead atoms. The summed E-state index contributed by atoms with van der Waals surface area (Å²) in [6, 6.07) is 2.24. The lowest BCUT2D eigenvalue weighted by atomic mass is 9.97. The number of hydrogen-bond acceptors (Lipinski definition) is 2. The molecular weight excluding hydrogens is 258 g/mol. The Morgan fingerprint density at radius 1 is 1.26 bits per heavy atom. The van der Waals surface area contributed by atoms with Gasteiger partial charge in [0, 0.05) is 30.8 Å². The van der Waals surface area contributed by atoms with Crippen LogP contribution in [0.4, 0.5) is 19.3 Å². The number of halogens is 2. The highest BCUT2D eigenvalue weighted by molar-refractivity contribution is 5.90. The predicted molar refractivity (Wildman–Crippen MR) is 62.7 cm³/mol. The Balaban J connectivity index is 1.87. The topological polar surface area (TPSA) is 69.6 Å². The van der Waals surface area contributed by atoms with Gasteiger partial charge in [-0.3, -0.25) is 4.79 Å². The number of anilines is 1. The molecule has 1 saturated heterocycles. The predicted octanol–water partition coefficient (Wildman–Crippen LogP) is 1.90. The molecule has 19 heavy (non-hydrogen) atoms. The summed E-state index contributed by atoms with van der Waals surface area (Å²) in [5.41, 5.74) is 0.0317. The number of nitrogens with one attached hydrogen (secondary N) is 1. The fourth-order valence-electron chi connectivity index (χ4n) is 1.94. The summed E-state index contributed by atoms with van der Waals surface area (Å²) in [4.78, 5) is 23.5. The summed E-state index contributed by atoms with van der Waals surface area (Å²) < 4.78 is 25.8. The number of carboxylic acid groups (broad SMARTS) is 1. The number of carbonyl (C=O) groups is 2. The fraction of sp³-hybridized carbons (Fsp3) is 0.333. The van der Waals surface area contributed by atoms with E-state index in [1.54, 1.807) is 0 Å². The number of nitrogens with zero attached hydrogens (tertiary/aromatic N) is 1. The molecule has 1 aromatic carbocycles. The molecule has 1 aromatic rings. The number of amides is 2. The fourth-order valence-corrected chi connectivity index (χ4v) is 1.94. The van der Waals surface area contributed by atoms with Crippen LogP contribution in [0, 0.1) is 17.6 Å². The van der Waals surface area contributed by atoms with Crippen LogP contribution < -0.4 is 5.32 Å². The minimum Gasteiger partial charge on any atom is -0.481 e. The highest BCUT2D eigenvalue weighted by Crippen LogP contribution is 2.21. The third-order valence-corrected chi connectivity index (χ3v) is 2.82. The van der Waals surface area contributed by atoms with E-state index in [0.29, 0.717) is 19.2 Å². The van der Waals surface area contributed by atoms with E-state index < -0.39 is 23.6 Å². The molecule has 0 saturated carbocycles. The SMILES string of the molecule is O=C(O)CC1CN(C(=O)Nc2cc(F)cc(F)c2)C1. The first-order valence-corrected chi connectivity index (χ1v) is 5.68. The third kappa shape index (κ3) is 3.40. The van der Waals surface area contributed by atoms with Crippen LogP contribution in [0.25, 0.3) is 0 Å². The standard InChI is InChI=1S/C12H12F2N2O3/c13-8-2-9(14)4-10(3-8)15-12(19)16-5-7(6-16)1-11(17)18/h2-4,7H,1,5-6H2,(H,15,19)(H,17,18). The molecule has 1 aliphatic rings. The average Bonchev–Trinajstić information content (AvgIpc) is 2.20. The minimum atomic E-state index is -0.905. The summed E-state index contributed by atoms with van der Waals surface area (Å²) in [6.45, 7) is 0.659. The van der Waals surface area contributed by atoms with Crippen LogP contribution in [-0.2, 0) is 4.79 Å². The van der Waals surface area contributed by atoms with E-state index in [-0.39, 0.29) is 18.0 Å². The van der Waals surface area contributed by atoms with E-state index in [0.717, 1.165) is 12.1 Å². The number of likely N-dealkylation sites (tertiary alicyclic amines) is 1. The highest BCUT2D eigenvalue weighted by atomic mass is 19.1. The van der Waals surface area contributed by atoms with Crippen LogP contribution in [0.15, 0.2) is 18.2 Å². The molecule has 1 heterocycles. The van der Waals surface area contributed by atoms with Gasteiger partial charge in [-0.2, -0.15) is 0 Å². The maximum Gasteiger partial charge on any atom is 0.321 e. The van der Waals surface area contributed by atoms with E-state index in [9.17, 15) is 18.4 Å². The minimum absolute atomic E-state index is 0.0123. The Kier molecular flexibility index (Phi) is 3.64. The van der Waals surface area contributed by atoms with Crippen molar-refractivity contribution in [1.82, 2.24) is 4.90 Å². The van der Waals surface area contributed by atoms with Gasteiger partial charge in [-0.25, -0.2) is 13.6 Å². The summed E-state index contributed by atoms with van der Waals surface area (Å²) >= 11 is 0. The van der Waals surface area contributed by atoms with Crippen molar-refractivity contribution in [3.8, 4) is 0 Å². The number of urea groups is 1. The van der Waals surface area contributed by atoms with Crippen molar-refractivity contribution in [2.45, 2.75) is 6.42 Å². The molecule has 0 atom stereocenters. The molecule has 2 rings (SSSR count). The van der Waals surface area contributed by atoms with Crippen molar-refractivity contribution in [1.29, 1.82) is 0 Å². The molecule has 0 aromatic heterocycles. The van der Waals surface area contributed by atoms with Gasteiger partial charge in [0.25, 0.3) is 0 Å². The van der Waals surface area contributed by atoms with Gasteiger partial charge in [0.05, 0.1) is 6.42 Å². The first-order chi connectivity index (χ1) is 8.94. The summed E-state index contributed by atoms with van der Waals surface area (Å²) in [6.07, 6.45) is 0.0123. The largest absolute Gasteiger partial charge is 0.481 e. The van der Waals surface area contributed by atoms with E-state index in [4.69, 9.17) is 5.11 Å². The normalized spacial score (nSPS) is 14.9. The van der Waals surface area contributed by atoms with Gasteiger partial charge < -0.3 is 15.3 Å². The van der Waals surface area contributed by atoms with Gasteiger partial charge in [-0.05, 0) is 12.1 Å². The molecule has 5 nitrogen and oxygen atoms in total. The quantitative estimate of drug-likeness (QED) is 0.881. The first-order valence-electron chi connectivity index (χ1n) is 5.68. The second-order valence-corrected chi connectivity index (χ2v) is 4.46. The maximum atomic E-state index is 12.9. The van der Waals surface area contributed by atoms with Gasteiger partial charge >= 0.3 is 12.0 Å². The molecule has 0 radical (unpaired) electrons. The summed E-state index contributed by atoms with van der Waals surface area (Å²) in [5, 5.41) is 10.9. The first kappa shape index (κ1) is 13.3. The summed E-state index contributed by atoms with van der Waals surface area (Å²) in [7, 11) is 0. The van der Waals surface area contributed by atoms with E-state index >= 15 is 0 Å². The second kappa shape index (κ2) is 5.21.